The first-order chi connectivity index (χ1) is 9.50. The number of carbonyl (C=O) groups excluding carboxylic acids is 2. The lowest BCUT2D eigenvalue weighted by Crippen LogP contribution is -2.45. The Morgan fingerprint density at radius 3 is 2.50 bits per heavy atom. The van der Waals surface area contributed by atoms with Crippen molar-refractivity contribution in [2.45, 2.75) is 26.8 Å². The molecule has 0 radical (unpaired) electrons. The zero-order valence-corrected chi connectivity index (χ0v) is 12.1. The highest BCUT2D eigenvalue weighted by atomic mass is 16.2. The average molecular weight is 278 g/mol. The Kier molecular flexibility index (Phi) is 6.49. The van der Waals surface area contributed by atoms with E-state index in [4.69, 9.17) is 0 Å². The molecule has 1 aromatic heterocycles. The van der Waals surface area contributed by atoms with Gasteiger partial charge < -0.3 is 16.0 Å². The van der Waals surface area contributed by atoms with Gasteiger partial charge in [-0.3, -0.25) is 9.78 Å². The maximum Gasteiger partial charge on any atom is 0.315 e. The Labute approximate surface area is 119 Å². The largest absolute Gasteiger partial charge is 0.350 e. The van der Waals surface area contributed by atoms with Crippen LogP contribution in [0.3, 0.4) is 0 Å². The fourth-order valence-electron chi connectivity index (χ4n) is 1.38. The van der Waals surface area contributed by atoms with Crippen molar-refractivity contribution < 1.29 is 9.59 Å². The minimum atomic E-state index is -0.221. The molecule has 110 valence electrons. The van der Waals surface area contributed by atoms with Crippen molar-refractivity contribution in [1.29, 1.82) is 0 Å². The molecule has 1 atom stereocenters. The van der Waals surface area contributed by atoms with E-state index in [2.05, 4.69) is 20.9 Å². The Balaban J connectivity index is 2.19. The van der Waals surface area contributed by atoms with Gasteiger partial charge in [-0.05, 0) is 25.0 Å². The van der Waals surface area contributed by atoms with E-state index < -0.39 is 0 Å². The Bertz CT molecular complexity index is 434. The first kappa shape index (κ1) is 15.9. The van der Waals surface area contributed by atoms with Crippen molar-refractivity contribution >= 4 is 11.9 Å². The first-order valence-electron chi connectivity index (χ1n) is 6.73. The van der Waals surface area contributed by atoms with E-state index >= 15 is 0 Å². The smallest absolute Gasteiger partial charge is 0.315 e. The van der Waals surface area contributed by atoms with Crippen molar-refractivity contribution in [3.8, 4) is 0 Å². The summed E-state index contributed by atoms with van der Waals surface area (Å²) in [5.41, 5.74) is 0.505. The third kappa shape index (κ3) is 5.69. The van der Waals surface area contributed by atoms with E-state index in [1.165, 1.54) is 6.20 Å². The van der Waals surface area contributed by atoms with Crippen LogP contribution in [0.25, 0.3) is 0 Å². The third-order valence-electron chi connectivity index (χ3n) is 2.98. The van der Waals surface area contributed by atoms with E-state index in [0.717, 1.165) is 0 Å². The number of amides is 3. The third-order valence-corrected chi connectivity index (χ3v) is 2.98. The summed E-state index contributed by atoms with van der Waals surface area (Å²) in [6.07, 6.45) is 3.11. The van der Waals surface area contributed by atoms with Gasteiger partial charge in [0.25, 0.3) is 5.91 Å². The molecule has 6 heteroatoms. The quantitative estimate of drug-likeness (QED) is 0.683. The van der Waals surface area contributed by atoms with Crippen LogP contribution >= 0.6 is 0 Å². The van der Waals surface area contributed by atoms with Crippen LogP contribution in [0.1, 0.15) is 31.1 Å². The Morgan fingerprint density at radius 1 is 1.20 bits per heavy atom. The molecule has 0 unspecified atom stereocenters. The van der Waals surface area contributed by atoms with Gasteiger partial charge in [0.2, 0.25) is 0 Å². The zero-order valence-electron chi connectivity index (χ0n) is 12.1. The van der Waals surface area contributed by atoms with Gasteiger partial charge in [-0.25, -0.2) is 4.79 Å². The summed E-state index contributed by atoms with van der Waals surface area (Å²) in [4.78, 5) is 27.1. The number of hydrogen-bond acceptors (Lipinski definition) is 3. The predicted octanol–water partition coefficient (Wildman–Crippen LogP) is 1.16. The molecular formula is C14H22N4O2. The second-order valence-corrected chi connectivity index (χ2v) is 4.93. The fraction of sp³-hybridized carbons (Fsp3) is 0.500. The summed E-state index contributed by atoms with van der Waals surface area (Å²) in [6, 6.07) is 3.28. The molecule has 0 aliphatic rings. The van der Waals surface area contributed by atoms with Crippen LogP contribution in [0.4, 0.5) is 4.79 Å². The normalized spacial score (nSPS) is 11.8. The minimum absolute atomic E-state index is 0.111. The summed E-state index contributed by atoms with van der Waals surface area (Å²) in [7, 11) is 0. The molecule has 0 fully saturated rings. The average Bonchev–Trinajstić information content (AvgIpc) is 2.44. The molecule has 20 heavy (non-hydrogen) atoms. The molecule has 0 aliphatic carbocycles. The maximum absolute atomic E-state index is 11.7. The number of carbonyl (C=O) groups is 2. The molecule has 0 aromatic carbocycles. The van der Waals surface area contributed by atoms with E-state index in [9.17, 15) is 9.59 Å². The topological polar surface area (TPSA) is 83.1 Å². The lowest BCUT2D eigenvalue weighted by atomic mass is 10.1. The monoisotopic (exact) mass is 278 g/mol. The number of hydrogen-bond donors (Lipinski definition) is 3. The lowest BCUT2D eigenvalue weighted by molar-refractivity contribution is 0.0953. The van der Waals surface area contributed by atoms with Gasteiger partial charge in [0.1, 0.15) is 0 Å². The SMILES string of the molecule is CC(C)[C@@H](C)NC(=O)NCCNC(=O)c1cccnc1. The summed E-state index contributed by atoms with van der Waals surface area (Å²) < 4.78 is 0. The Morgan fingerprint density at radius 2 is 1.90 bits per heavy atom. The highest BCUT2D eigenvalue weighted by Gasteiger charge is 2.10. The van der Waals surface area contributed by atoms with E-state index in [0.29, 0.717) is 24.6 Å². The molecule has 3 amide bonds. The molecule has 0 saturated carbocycles. The highest BCUT2D eigenvalue weighted by Crippen LogP contribution is 1.98. The van der Waals surface area contributed by atoms with Gasteiger partial charge in [0, 0.05) is 31.5 Å². The van der Waals surface area contributed by atoms with Gasteiger partial charge in [-0.1, -0.05) is 13.8 Å². The fourth-order valence-corrected chi connectivity index (χ4v) is 1.38. The number of nitrogens with zero attached hydrogens (tertiary/aromatic N) is 1. The van der Waals surface area contributed by atoms with Gasteiger partial charge in [-0.2, -0.15) is 0 Å². The van der Waals surface area contributed by atoms with Crippen molar-refractivity contribution in [2.24, 2.45) is 5.92 Å². The van der Waals surface area contributed by atoms with Gasteiger partial charge >= 0.3 is 6.03 Å². The second-order valence-electron chi connectivity index (χ2n) is 4.93. The molecule has 1 heterocycles. The van der Waals surface area contributed by atoms with E-state index in [1.54, 1.807) is 18.3 Å². The summed E-state index contributed by atoms with van der Waals surface area (Å²) >= 11 is 0. The van der Waals surface area contributed by atoms with Crippen LogP contribution in [0, 0.1) is 5.92 Å². The predicted molar refractivity (Wildman–Crippen MR) is 77.4 cm³/mol. The second kappa shape index (κ2) is 8.14. The molecule has 0 bridgehead atoms. The molecule has 3 N–H and O–H groups in total. The molecular weight excluding hydrogens is 256 g/mol. The number of rotatable bonds is 6. The Hall–Kier alpha value is -2.11. The van der Waals surface area contributed by atoms with E-state index in [-0.39, 0.29) is 18.0 Å². The van der Waals surface area contributed by atoms with E-state index in [1.807, 2.05) is 20.8 Å². The van der Waals surface area contributed by atoms with Gasteiger partial charge in [0.15, 0.2) is 0 Å². The molecule has 0 saturated heterocycles. The number of nitrogens with one attached hydrogen (secondary N) is 3. The van der Waals surface area contributed by atoms with Crippen molar-refractivity contribution in [1.82, 2.24) is 20.9 Å². The summed E-state index contributed by atoms with van der Waals surface area (Å²) in [5.74, 6) is 0.182. The van der Waals surface area contributed by atoms with Gasteiger partial charge in [-0.15, -0.1) is 0 Å². The molecule has 0 spiro atoms. The van der Waals surface area contributed by atoms with Crippen molar-refractivity contribution in [3.05, 3.63) is 30.1 Å². The number of pyridine rings is 1. The van der Waals surface area contributed by atoms with Crippen LogP contribution in [-0.4, -0.2) is 36.1 Å². The molecule has 6 nitrogen and oxygen atoms in total. The summed E-state index contributed by atoms with van der Waals surface area (Å²) in [6.45, 7) is 6.78. The maximum atomic E-state index is 11.7. The number of urea groups is 1. The van der Waals surface area contributed by atoms with Crippen molar-refractivity contribution in [3.63, 3.8) is 0 Å². The summed E-state index contributed by atoms with van der Waals surface area (Å²) in [5, 5.41) is 8.23. The molecule has 0 aliphatic heterocycles. The van der Waals surface area contributed by atoms with Crippen LogP contribution in [0.15, 0.2) is 24.5 Å². The first-order valence-corrected chi connectivity index (χ1v) is 6.73. The van der Waals surface area contributed by atoms with Gasteiger partial charge in [0.05, 0.1) is 5.56 Å². The van der Waals surface area contributed by atoms with Crippen LogP contribution < -0.4 is 16.0 Å². The van der Waals surface area contributed by atoms with Crippen LogP contribution in [0.2, 0.25) is 0 Å². The number of aromatic nitrogens is 1. The van der Waals surface area contributed by atoms with Crippen LogP contribution in [0.5, 0.6) is 0 Å². The van der Waals surface area contributed by atoms with Crippen LogP contribution in [-0.2, 0) is 0 Å². The molecule has 1 aromatic rings. The van der Waals surface area contributed by atoms with Crippen molar-refractivity contribution in [2.75, 3.05) is 13.1 Å². The standard InChI is InChI=1S/C14H22N4O2/c1-10(2)11(3)18-14(20)17-8-7-16-13(19)12-5-4-6-15-9-12/h4-6,9-11H,7-8H2,1-3H3,(H,16,19)(H2,17,18,20)/t11-/m1/s1. The molecule has 1 rings (SSSR count). The lowest BCUT2D eigenvalue weighted by Gasteiger charge is -2.17. The zero-order chi connectivity index (χ0) is 15.0. The minimum Gasteiger partial charge on any atom is -0.350 e. The highest BCUT2D eigenvalue weighted by molar-refractivity contribution is 5.93.